The van der Waals surface area contributed by atoms with Gasteiger partial charge in [-0.2, -0.15) is 5.26 Å². The summed E-state index contributed by atoms with van der Waals surface area (Å²) in [5.74, 6) is 0.784. The second kappa shape index (κ2) is 6.34. The molecule has 1 aliphatic rings. The highest BCUT2D eigenvalue weighted by molar-refractivity contribution is 5.38. The maximum Gasteiger partial charge on any atom is 0.126 e. The fraction of sp³-hybridized carbons (Fsp3) is 0.538. The Labute approximate surface area is 107 Å². The fourth-order valence-corrected chi connectivity index (χ4v) is 1.97. The molecule has 1 atom stereocenters. The van der Waals surface area contributed by atoms with Gasteiger partial charge in [-0.25, -0.2) is 4.98 Å². The Morgan fingerprint density at radius 3 is 3.17 bits per heavy atom. The number of nitrogens with zero attached hydrogens (tertiary/aromatic N) is 3. The van der Waals surface area contributed by atoms with E-state index in [9.17, 15) is 0 Å². The third-order valence-electron chi connectivity index (χ3n) is 3.07. The topological polar surface area (TPSA) is 61.2 Å². The van der Waals surface area contributed by atoms with Gasteiger partial charge in [-0.3, -0.25) is 4.90 Å². The van der Waals surface area contributed by atoms with Gasteiger partial charge in [0.05, 0.1) is 18.3 Å². The second-order valence-electron chi connectivity index (χ2n) is 4.31. The Kier molecular flexibility index (Phi) is 4.51. The van der Waals surface area contributed by atoms with Gasteiger partial charge in [-0.05, 0) is 18.7 Å². The number of rotatable bonds is 4. The number of nitriles is 1. The van der Waals surface area contributed by atoms with Crippen molar-refractivity contribution in [3.63, 3.8) is 0 Å². The molecule has 1 fully saturated rings. The van der Waals surface area contributed by atoms with Crippen molar-refractivity contribution in [2.75, 3.05) is 38.1 Å². The maximum absolute atomic E-state index is 8.68. The van der Waals surface area contributed by atoms with Crippen LogP contribution in [-0.2, 0) is 4.74 Å². The molecule has 0 saturated carbocycles. The Bertz CT molecular complexity index is 412. The lowest BCUT2D eigenvalue weighted by molar-refractivity contribution is -0.0192. The first-order valence-electron chi connectivity index (χ1n) is 6.25. The van der Waals surface area contributed by atoms with Gasteiger partial charge in [-0.15, -0.1) is 0 Å². The zero-order valence-corrected chi connectivity index (χ0v) is 10.6. The fourth-order valence-electron chi connectivity index (χ4n) is 1.97. The van der Waals surface area contributed by atoms with E-state index >= 15 is 0 Å². The molecule has 1 saturated heterocycles. The summed E-state index contributed by atoms with van der Waals surface area (Å²) in [4.78, 5) is 6.55. The molecule has 1 N–H and O–H groups in total. The van der Waals surface area contributed by atoms with E-state index in [0.717, 1.165) is 38.6 Å². The van der Waals surface area contributed by atoms with Crippen LogP contribution in [0.3, 0.4) is 0 Å². The van der Waals surface area contributed by atoms with Crippen LogP contribution >= 0.6 is 0 Å². The lowest BCUT2D eigenvalue weighted by Gasteiger charge is -2.32. The summed E-state index contributed by atoms with van der Waals surface area (Å²) in [6, 6.07) is 5.63. The van der Waals surface area contributed by atoms with Crippen LogP contribution in [-0.4, -0.2) is 48.8 Å². The van der Waals surface area contributed by atoms with Gasteiger partial charge in [0.25, 0.3) is 0 Å². The second-order valence-corrected chi connectivity index (χ2v) is 4.31. The predicted molar refractivity (Wildman–Crippen MR) is 69.3 cm³/mol. The molecular formula is C13H18N4O. The number of morpholine rings is 1. The molecule has 0 aromatic carbocycles. The smallest absolute Gasteiger partial charge is 0.126 e. The van der Waals surface area contributed by atoms with Crippen LogP contribution in [0.25, 0.3) is 0 Å². The van der Waals surface area contributed by atoms with Gasteiger partial charge in [0.15, 0.2) is 0 Å². The SMILES string of the molecule is CCN1CCO[C@@H](CNc2ccc(C#N)cn2)C1. The first kappa shape index (κ1) is 12.8. The maximum atomic E-state index is 8.68. The third-order valence-corrected chi connectivity index (χ3v) is 3.07. The Hall–Kier alpha value is -1.64. The van der Waals surface area contributed by atoms with Gasteiger partial charge in [0, 0.05) is 25.8 Å². The van der Waals surface area contributed by atoms with Crippen LogP contribution in [0.15, 0.2) is 18.3 Å². The highest BCUT2D eigenvalue weighted by atomic mass is 16.5. The molecule has 0 bridgehead atoms. The summed E-state index contributed by atoms with van der Waals surface area (Å²) in [5, 5.41) is 11.9. The van der Waals surface area contributed by atoms with E-state index in [0.29, 0.717) is 5.56 Å². The number of ether oxygens (including phenoxy) is 1. The molecule has 0 aliphatic carbocycles. The van der Waals surface area contributed by atoms with Crippen LogP contribution in [0.1, 0.15) is 12.5 Å². The summed E-state index contributed by atoms with van der Waals surface area (Å²) in [7, 11) is 0. The van der Waals surface area contributed by atoms with Gasteiger partial charge in [0.2, 0.25) is 0 Å². The summed E-state index contributed by atoms with van der Waals surface area (Å²) in [6.07, 6.45) is 1.78. The molecule has 96 valence electrons. The number of nitrogens with one attached hydrogen (secondary N) is 1. The quantitative estimate of drug-likeness (QED) is 0.861. The zero-order chi connectivity index (χ0) is 12.8. The molecule has 1 aromatic rings. The number of anilines is 1. The molecule has 0 amide bonds. The third kappa shape index (κ3) is 3.42. The molecular weight excluding hydrogens is 228 g/mol. The average molecular weight is 246 g/mol. The first-order valence-corrected chi connectivity index (χ1v) is 6.25. The van der Waals surface area contributed by atoms with Crippen molar-refractivity contribution in [1.82, 2.24) is 9.88 Å². The zero-order valence-electron chi connectivity index (χ0n) is 10.6. The molecule has 0 spiro atoms. The summed E-state index contributed by atoms with van der Waals surface area (Å²) < 4.78 is 5.69. The van der Waals surface area contributed by atoms with Crippen LogP contribution in [0.4, 0.5) is 5.82 Å². The average Bonchev–Trinajstić information content (AvgIpc) is 2.46. The number of pyridine rings is 1. The minimum atomic E-state index is 0.205. The van der Waals surface area contributed by atoms with E-state index in [-0.39, 0.29) is 6.10 Å². The van der Waals surface area contributed by atoms with Crippen LogP contribution in [0, 0.1) is 11.3 Å². The minimum absolute atomic E-state index is 0.205. The lowest BCUT2D eigenvalue weighted by atomic mass is 10.2. The molecule has 1 aliphatic heterocycles. The lowest BCUT2D eigenvalue weighted by Crippen LogP contribution is -2.45. The van der Waals surface area contributed by atoms with Crippen molar-refractivity contribution < 1.29 is 4.74 Å². The van der Waals surface area contributed by atoms with E-state index < -0.39 is 0 Å². The van der Waals surface area contributed by atoms with Gasteiger partial charge >= 0.3 is 0 Å². The molecule has 0 unspecified atom stereocenters. The van der Waals surface area contributed by atoms with E-state index in [1.165, 1.54) is 0 Å². The molecule has 1 aromatic heterocycles. The molecule has 5 nitrogen and oxygen atoms in total. The molecule has 2 rings (SSSR count). The normalized spacial score (nSPS) is 20.3. The standard InChI is InChI=1S/C13H18N4O/c1-2-17-5-6-18-12(10-17)9-16-13-4-3-11(7-14)8-15-13/h3-4,8,12H,2,5-6,9-10H2,1H3,(H,15,16)/t12-/m0/s1. The first-order chi connectivity index (χ1) is 8.81. The summed E-state index contributed by atoms with van der Waals surface area (Å²) >= 11 is 0. The van der Waals surface area contributed by atoms with Gasteiger partial charge in [0.1, 0.15) is 11.9 Å². The minimum Gasteiger partial charge on any atom is -0.374 e. The van der Waals surface area contributed by atoms with E-state index in [1.54, 1.807) is 12.3 Å². The number of aromatic nitrogens is 1. The molecule has 18 heavy (non-hydrogen) atoms. The highest BCUT2D eigenvalue weighted by Crippen LogP contribution is 2.08. The highest BCUT2D eigenvalue weighted by Gasteiger charge is 2.18. The van der Waals surface area contributed by atoms with E-state index in [4.69, 9.17) is 10.00 Å². The van der Waals surface area contributed by atoms with Crippen molar-refractivity contribution in [2.24, 2.45) is 0 Å². The van der Waals surface area contributed by atoms with Crippen LogP contribution in [0.2, 0.25) is 0 Å². The number of likely N-dealkylation sites (N-methyl/N-ethyl adjacent to an activating group) is 1. The Morgan fingerprint density at radius 2 is 2.50 bits per heavy atom. The largest absolute Gasteiger partial charge is 0.374 e. The molecule has 2 heterocycles. The monoisotopic (exact) mass is 246 g/mol. The number of hydrogen-bond donors (Lipinski definition) is 1. The van der Waals surface area contributed by atoms with Crippen LogP contribution in [0.5, 0.6) is 0 Å². The van der Waals surface area contributed by atoms with Crippen LogP contribution < -0.4 is 5.32 Å². The Morgan fingerprint density at radius 1 is 1.61 bits per heavy atom. The summed E-state index contributed by atoms with van der Waals surface area (Å²) in [6.45, 7) is 6.74. The summed E-state index contributed by atoms with van der Waals surface area (Å²) in [5.41, 5.74) is 0.576. The van der Waals surface area contributed by atoms with Gasteiger partial charge < -0.3 is 10.1 Å². The van der Waals surface area contributed by atoms with Crippen molar-refractivity contribution in [3.8, 4) is 6.07 Å². The van der Waals surface area contributed by atoms with Crippen molar-refractivity contribution in [2.45, 2.75) is 13.0 Å². The molecule has 0 radical (unpaired) electrons. The van der Waals surface area contributed by atoms with E-state index in [2.05, 4.69) is 28.2 Å². The Balaban J connectivity index is 1.81. The van der Waals surface area contributed by atoms with Crippen molar-refractivity contribution in [1.29, 1.82) is 5.26 Å². The number of hydrogen-bond acceptors (Lipinski definition) is 5. The van der Waals surface area contributed by atoms with Crippen molar-refractivity contribution in [3.05, 3.63) is 23.9 Å². The van der Waals surface area contributed by atoms with Crippen molar-refractivity contribution >= 4 is 5.82 Å². The van der Waals surface area contributed by atoms with E-state index in [1.807, 2.05) is 6.07 Å². The van der Waals surface area contributed by atoms with Gasteiger partial charge in [-0.1, -0.05) is 6.92 Å². The molecule has 5 heteroatoms. The predicted octanol–water partition coefficient (Wildman–Crippen LogP) is 1.09.